The summed E-state index contributed by atoms with van der Waals surface area (Å²) in [6, 6.07) is 29.3. The molecule has 0 saturated carbocycles. The van der Waals surface area contributed by atoms with Gasteiger partial charge in [-0.3, -0.25) is 14.4 Å². The Balaban J connectivity index is 1.38. The van der Waals surface area contributed by atoms with Gasteiger partial charge in [-0.2, -0.15) is 0 Å². The highest BCUT2D eigenvalue weighted by molar-refractivity contribution is 9.10. The summed E-state index contributed by atoms with van der Waals surface area (Å²) in [6.45, 7) is 0. The summed E-state index contributed by atoms with van der Waals surface area (Å²) in [7, 11) is 1.47. The van der Waals surface area contributed by atoms with E-state index >= 15 is 0 Å². The first-order valence-electron chi connectivity index (χ1n) is 12.6. The number of carbonyl (C=O) groups is 3. The molecule has 4 aromatic carbocycles. The number of amides is 2. The van der Waals surface area contributed by atoms with Crippen LogP contribution in [-0.4, -0.2) is 31.0 Å². The third kappa shape index (κ3) is 4.53. The Morgan fingerprint density at radius 1 is 0.800 bits per heavy atom. The Hall–Kier alpha value is -4.47. The molecule has 0 spiro atoms. The van der Waals surface area contributed by atoms with Crippen molar-refractivity contribution in [2.75, 3.05) is 17.1 Å². The van der Waals surface area contributed by atoms with Crippen molar-refractivity contribution in [2.45, 2.75) is 12.1 Å². The fourth-order valence-electron chi connectivity index (χ4n) is 5.08. The van der Waals surface area contributed by atoms with Crippen LogP contribution in [0.4, 0.5) is 11.4 Å². The lowest BCUT2D eigenvalue weighted by Crippen LogP contribution is -2.37. The van der Waals surface area contributed by atoms with E-state index in [1.165, 1.54) is 12.0 Å². The molecule has 2 saturated heterocycles. The molecule has 0 aliphatic carbocycles. The molecule has 0 bridgehead atoms. The van der Waals surface area contributed by atoms with Gasteiger partial charge in [0.1, 0.15) is 5.92 Å². The number of esters is 1. The average molecular weight is 599 g/mol. The van der Waals surface area contributed by atoms with E-state index in [2.05, 4.69) is 15.9 Å². The molecule has 40 heavy (non-hydrogen) atoms. The van der Waals surface area contributed by atoms with E-state index in [-0.39, 0.29) is 11.7 Å². The predicted molar refractivity (Wildman–Crippen MR) is 151 cm³/mol. The average Bonchev–Trinajstić information content (AvgIpc) is 3.50. The molecule has 2 aliphatic rings. The van der Waals surface area contributed by atoms with Gasteiger partial charge in [0, 0.05) is 4.47 Å². The number of anilines is 2. The lowest BCUT2D eigenvalue weighted by molar-refractivity contribution is -0.126. The lowest BCUT2D eigenvalue weighted by atomic mass is 9.90. The van der Waals surface area contributed by atoms with Crippen LogP contribution < -0.4 is 19.4 Å². The van der Waals surface area contributed by atoms with Crippen LogP contribution in [-0.2, 0) is 14.4 Å². The van der Waals surface area contributed by atoms with Gasteiger partial charge in [0.2, 0.25) is 5.91 Å². The molecule has 0 unspecified atom stereocenters. The molecule has 2 aliphatic heterocycles. The van der Waals surface area contributed by atoms with Gasteiger partial charge in [0.05, 0.1) is 30.1 Å². The zero-order chi connectivity index (χ0) is 27.8. The second-order valence-electron chi connectivity index (χ2n) is 9.31. The summed E-state index contributed by atoms with van der Waals surface area (Å²) in [5, 5.41) is 1.61. The van der Waals surface area contributed by atoms with E-state index in [9.17, 15) is 14.4 Å². The number of hydroxylamine groups is 1. The number of ether oxygens (including phenoxy) is 2. The smallest absolute Gasteiger partial charge is 0.343 e. The number of imide groups is 1. The van der Waals surface area contributed by atoms with Crippen molar-refractivity contribution in [3.8, 4) is 11.5 Å². The maximum Gasteiger partial charge on any atom is 0.343 e. The summed E-state index contributed by atoms with van der Waals surface area (Å²) in [6.07, 6.45) is -1.01. The summed E-state index contributed by atoms with van der Waals surface area (Å²) in [4.78, 5) is 47.5. The third-order valence-electron chi connectivity index (χ3n) is 6.95. The molecule has 9 heteroatoms. The van der Waals surface area contributed by atoms with Gasteiger partial charge >= 0.3 is 5.97 Å². The number of nitrogens with zero attached hydrogens (tertiary/aromatic N) is 2. The van der Waals surface area contributed by atoms with Crippen LogP contribution in [0.25, 0.3) is 0 Å². The highest BCUT2D eigenvalue weighted by Crippen LogP contribution is 2.48. The van der Waals surface area contributed by atoms with Crippen LogP contribution in [0.15, 0.2) is 108 Å². The van der Waals surface area contributed by atoms with Crippen molar-refractivity contribution in [1.82, 2.24) is 0 Å². The first kappa shape index (κ1) is 25.8. The Bertz CT molecular complexity index is 1580. The zero-order valence-corrected chi connectivity index (χ0v) is 22.9. The normalized spacial score (nSPS) is 20.0. The lowest BCUT2D eigenvalue weighted by Gasteiger charge is -2.29. The maximum atomic E-state index is 13.9. The van der Waals surface area contributed by atoms with Gasteiger partial charge in [-0.1, -0.05) is 58.4 Å². The molecule has 0 aromatic heterocycles. The molecule has 4 aromatic rings. The van der Waals surface area contributed by atoms with Crippen LogP contribution in [0, 0.1) is 5.92 Å². The van der Waals surface area contributed by atoms with Gasteiger partial charge in [0.25, 0.3) is 5.91 Å². The minimum Gasteiger partial charge on any atom is -0.493 e. The molecule has 2 fully saturated rings. The first-order valence-corrected chi connectivity index (χ1v) is 13.3. The van der Waals surface area contributed by atoms with Crippen LogP contribution in [0.3, 0.4) is 0 Å². The van der Waals surface area contributed by atoms with E-state index in [0.29, 0.717) is 28.3 Å². The van der Waals surface area contributed by atoms with Gasteiger partial charge in [0.15, 0.2) is 17.6 Å². The van der Waals surface area contributed by atoms with Gasteiger partial charge in [-0.25, -0.2) is 14.8 Å². The predicted octanol–water partition coefficient (Wildman–Crippen LogP) is 5.73. The Morgan fingerprint density at radius 3 is 2.15 bits per heavy atom. The molecule has 2 amide bonds. The van der Waals surface area contributed by atoms with Gasteiger partial charge in [-0.05, 0) is 66.2 Å². The SMILES string of the molecule is COc1cc([C@@H]2[C@@H]3C(=O)N(c4ccc(Br)cc4)C(=O)[C@@H]3ON2c2ccccc2)ccc1OC(=O)c1ccccc1. The molecule has 3 atom stereocenters. The van der Waals surface area contributed by atoms with E-state index < -0.39 is 29.9 Å². The Kier molecular flexibility index (Phi) is 6.83. The van der Waals surface area contributed by atoms with E-state index in [1.54, 1.807) is 71.8 Å². The molecular formula is C31H23BrN2O6. The molecule has 8 nitrogen and oxygen atoms in total. The summed E-state index contributed by atoms with van der Waals surface area (Å²) in [5.41, 5.74) is 2.23. The van der Waals surface area contributed by atoms with E-state index in [0.717, 1.165) is 4.47 Å². The number of para-hydroxylation sites is 1. The van der Waals surface area contributed by atoms with Crippen molar-refractivity contribution >= 4 is 45.1 Å². The number of carbonyl (C=O) groups excluding carboxylic acids is 3. The second kappa shape index (κ2) is 10.6. The minimum atomic E-state index is -1.01. The molecule has 2 heterocycles. The first-order chi connectivity index (χ1) is 19.5. The number of methoxy groups -OCH3 is 1. The van der Waals surface area contributed by atoms with Gasteiger partial charge in [-0.15, -0.1) is 0 Å². The van der Waals surface area contributed by atoms with Crippen molar-refractivity contribution in [1.29, 1.82) is 0 Å². The van der Waals surface area contributed by atoms with Gasteiger partial charge < -0.3 is 9.47 Å². The molecule has 200 valence electrons. The number of fused-ring (bicyclic) bond motifs is 1. The minimum absolute atomic E-state index is 0.229. The van der Waals surface area contributed by atoms with Crippen LogP contribution in [0.1, 0.15) is 22.0 Å². The fourth-order valence-corrected chi connectivity index (χ4v) is 5.35. The number of hydrogen-bond acceptors (Lipinski definition) is 7. The van der Waals surface area contributed by atoms with Crippen LogP contribution >= 0.6 is 15.9 Å². The Morgan fingerprint density at radius 2 is 1.48 bits per heavy atom. The molecular weight excluding hydrogens is 576 g/mol. The number of hydrogen-bond donors (Lipinski definition) is 0. The maximum absolute atomic E-state index is 13.9. The highest BCUT2D eigenvalue weighted by Gasteiger charge is 2.60. The molecule has 0 radical (unpaired) electrons. The molecule has 0 N–H and O–H groups in total. The Labute approximate surface area is 238 Å². The number of halogens is 1. The fraction of sp³-hybridized carbons (Fsp3) is 0.129. The van der Waals surface area contributed by atoms with Crippen molar-refractivity contribution in [3.05, 3.63) is 119 Å². The van der Waals surface area contributed by atoms with Crippen LogP contribution in [0.5, 0.6) is 11.5 Å². The highest BCUT2D eigenvalue weighted by atomic mass is 79.9. The third-order valence-corrected chi connectivity index (χ3v) is 7.48. The van der Waals surface area contributed by atoms with Crippen molar-refractivity contribution in [3.63, 3.8) is 0 Å². The topological polar surface area (TPSA) is 85.4 Å². The van der Waals surface area contributed by atoms with E-state index in [4.69, 9.17) is 14.3 Å². The van der Waals surface area contributed by atoms with E-state index in [1.807, 2.05) is 36.4 Å². The molecule has 6 rings (SSSR count). The van der Waals surface area contributed by atoms with Crippen LogP contribution in [0.2, 0.25) is 0 Å². The summed E-state index contributed by atoms with van der Waals surface area (Å²) >= 11 is 3.39. The summed E-state index contributed by atoms with van der Waals surface area (Å²) in [5.74, 6) is -1.60. The van der Waals surface area contributed by atoms with Crippen molar-refractivity contribution in [2.24, 2.45) is 5.92 Å². The zero-order valence-electron chi connectivity index (χ0n) is 21.3. The monoisotopic (exact) mass is 598 g/mol. The largest absolute Gasteiger partial charge is 0.493 e. The quantitative estimate of drug-likeness (QED) is 0.159. The van der Waals surface area contributed by atoms with Crippen molar-refractivity contribution < 1.29 is 28.7 Å². The standard InChI is InChI=1S/C31H23BrN2O6/c1-38-25-18-20(12-17-24(25)39-31(37)19-8-4-2-5-9-19)27-26-28(40-34(27)23-10-6-3-7-11-23)30(36)33(29(26)35)22-15-13-21(32)14-16-22/h2-18,26-28H,1H3/t26-,27+,28+/m0/s1. The number of benzene rings is 4. The summed E-state index contributed by atoms with van der Waals surface area (Å²) < 4.78 is 12.0. The second-order valence-corrected chi connectivity index (χ2v) is 10.2. The number of rotatable bonds is 6.